The Morgan fingerprint density at radius 1 is 1.15 bits per heavy atom. The first-order valence-electron chi connectivity index (χ1n) is 5.61. The van der Waals surface area contributed by atoms with Gasteiger partial charge in [-0.1, -0.05) is 41.0 Å². The van der Waals surface area contributed by atoms with E-state index < -0.39 is 0 Å². The number of hydrogen-bond donors (Lipinski definition) is 1. The van der Waals surface area contributed by atoms with Gasteiger partial charge >= 0.3 is 0 Å². The molecule has 0 spiro atoms. The molecule has 2 N–H and O–H groups in total. The topological polar surface area (TPSA) is 26.0 Å². The van der Waals surface area contributed by atoms with Crippen molar-refractivity contribution < 1.29 is 0 Å². The molecule has 0 aliphatic heterocycles. The third kappa shape index (κ3) is 5.30. The average molecular weight is 185 g/mol. The van der Waals surface area contributed by atoms with E-state index in [1.54, 1.807) is 0 Å². The van der Waals surface area contributed by atoms with Gasteiger partial charge in [0.1, 0.15) is 0 Å². The van der Waals surface area contributed by atoms with Crippen molar-refractivity contribution in [2.24, 2.45) is 23.0 Å². The third-order valence-electron chi connectivity index (χ3n) is 3.40. The fourth-order valence-corrected chi connectivity index (χ4v) is 1.41. The molecular formula is C12H27N. The lowest BCUT2D eigenvalue weighted by atomic mass is 9.78. The summed E-state index contributed by atoms with van der Waals surface area (Å²) in [6, 6.07) is 0. The van der Waals surface area contributed by atoms with E-state index in [1.165, 1.54) is 19.3 Å². The van der Waals surface area contributed by atoms with Crippen molar-refractivity contribution in [3.63, 3.8) is 0 Å². The Balaban J connectivity index is 3.75. The Labute approximate surface area is 84.1 Å². The van der Waals surface area contributed by atoms with Gasteiger partial charge in [-0.2, -0.15) is 0 Å². The highest BCUT2D eigenvalue weighted by atomic mass is 14.5. The summed E-state index contributed by atoms with van der Waals surface area (Å²) < 4.78 is 0. The van der Waals surface area contributed by atoms with Gasteiger partial charge < -0.3 is 5.73 Å². The predicted molar refractivity (Wildman–Crippen MR) is 60.7 cm³/mol. The lowest BCUT2D eigenvalue weighted by Crippen LogP contribution is -2.20. The molecule has 1 heteroatoms. The maximum Gasteiger partial charge on any atom is -0.00490 e. The van der Waals surface area contributed by atoms with E-state index in [1.807, 2.05) is 0 Å². The van der Waals surface area contributed by atoms with Crippen LogP contribution >= 0.6 is 0 Å². The van der Waals surface area contributed by atoms with Crippen molar-refractivity contribution in [3.8, 4) is 0 Å². The molecule has 0 saturated carbocycles. The number of hydrogen-bond acceptors (Lipinski definition) is 1. The largest absolute Gasteiger partial charge is 0.330 e. The quantitative estimate of drug-likeness (QED) is 0.697. The van der Waals surface area contributed by atoms with E-state index in [0.29, 0.717) is 5.41 Å². The van der Waals surface area contributed by atoms with Gasteiger partial charge in [-0.05, 0) is 36.6 Å². The second kappa shape index (κ2) is 5.64. The Hall–Kier alpha value is -0.0400. The molecule has 0 aromatic rings. The van der Waals surface area contributed by atoms with E-state index in [2.05, 4.69) is 34.6 Å². The predicted octanol–water partition coefficient (Wildman–Crippen LogP) is 3.43. The zero-order valence-electron chi connectivity index (χ0n) is 10.1. The highest BCUT2D eigenvalue weighted by Gasteiger charge is 2.20. The highest BCUT2D eigenvalue weighted by Crippen LogP contribution is 2.30. The Kier molecular flexibility index (Phi) is 5.62. The molecule has 0 bridgehead atoms. The molecule has 0 radical (unpaired) electrons. The van der Waals surface area contributed by atoms with Crippen LogP contribution in [-0.4, -0.2) is 6.54 Å². The van der Waals surface area contributed by atoms with E-state index >= 15 is 0 Å². The summed E-state index contributed by atoms with van der Waals surface area (Å²) in [4.78, 5) is 0. The summed E-state index contributed by atoms with van der Waals surface area (Å²) in [6.07, 6.45) is 3.85. The first kappa shape index (κ1) is 13.0. The van der Waals surface area contributed by atoms with Gasteiger partial charge in [0.05, 0.1) is 0 Å². The van der Waals surface area contributed by atoms with E-state index in [-0.39, 0.29) is 0 Å². The molecule has 0 aliphatic rings. The van der Waals surface area contributed by atoms with Gasteiger partial charge in [0.15, 0.2) is 0 Å². The minimum Gasteiger partial charge on any atom is -0.330 e. The molecule has 0 rings (SSSR count). The van der Waals surface area contributed by atoms with Crippen LogP contribution in [0.25, 0.3) is 0 Å². The fourth-order valence-electron chi connectivity index (χ4n) is 1.41. The lowest BCUT2D eigenvalue weighted by molar-refractivity contribution is 0.229. The van der Waals surface area contributed by atoms with E-state index in [0.717, 1.165) is 18.4 Å². The number of nitrogens with two attached hydrogens (primary N) is 1. The van der Waals surface area contributed by atoms with Crippen molar-refractivity contribution in [3.05, 3.63) is 0 Å². The van der Waals surface area contributed by atoms with Gasteiger partial charge in [0.2, 0.25) is 0 Å². The fraction of sp³-hybridized carbons (Fsp3) is 1.00. The minimum absolute atomic E-state index is 0.451. The summed E-state index contributed by atoms with van der Waals surface area (Å²) >= 11 is 0. The van der Waals surface area contributed by atoms with Crippen LogP contribution in [0, 0.1) is 17.3 Å². The molecule has 2 unspecified atom stereocenters. The van der Waals surface area contributed by atoms with Crippen LogP contribution < -0.4 is 5.73 Å². The molecule has 0 saturated heterocycles. The Morgan fingerprint density at radius 3 is 2.00 bits per heavy atom. The Morgan fingerprint density at radius 2 is 1.69 bits per heavy atom. The van der Waals surface area contributed by atoms with E-state index in [9.17, 15) is 0 Å². The molecular weight excluding hydrogens is 158 g/mol. The zero-order valence-corrected chi connectivity index (χ0v) is 10.1. The maximum atomic E-state index is 5.68. The molecule has 0 fully saturated rings. The summed E-state index contributed by atoms with van der Waals surface area (Å²) in [5, 5.41) is 0. The maximum absolute atomic E-state index is 5.68. The SMILES string of the molecule is CCC(CN)CCC(C)C(C)(C)C. The van der Waals surface area contributed by atoms with Gasteiger partial charge in [-0.3, -0.25) is 0 Å². The molecule has 0 aromatic carbocycles. The zero-order chi connectivity index (χ0) is 10.5. The molecule has 1 nitrogen and oxygen atoms in total. The summed E-state index contributed by atoms with van der Waals surface area (Å²) in [7, 11) is 0. The van der Waals surface area contributed by atoms with Crippen LogP contribution in [0.15, 0.2) is 0 Å². The molecule has 0 aliphatic carbocycles. The van der Waals surface area contributed by atoms with Crippen LogP contribution in [0.4, 0.5) is 0 Å². The summed E-state index contributed by atoms with van der Waals surface area (Å²) in [6.45, 7) is 12.4. The van der Waals surface area contributed by atoms with Crippen molar-refractivity contribution >= 4 is 0 Å². The lowest BCUT2D eigenvalue weighted by Gasteiger charge is -2.28. The molecule has 2 atom stereocenters. The van der Waals surface area contributed by atoms with Gasteiger partial charge in [-0.25, -0.2) is 0 Å². The molecule has 0 aromatic heterocycles. The minimum atomic E-state index is 0.451. The second-order valence-electron chi connectivity index (χ2n) is 5.35. The molecule has 0 amide bonds. The van der Waals surface area contributed by atoms with Crippen LogP contribution in [0.5, 0.6) is 0 Å². The first-order valence-corrected chi connectivity index (χ1v) is 5.61. The average Bonchev–Trinajstić information content (AvgIpc) is 2.04. The monoisotopic (exact) mass is 185 g/mol. The smallest absolute Gasteiger partial charge is 0.00490 e. The third-order valence-corrected chi connectivity index (χ3v) is 3.40. The van der Waals surface area contributed by atoms with Gasteiger partial charge in [-0.15, -0.1) is 0 Å². The molecule has 80 valence electrons. The van der Waals surface area contributed by atoms with E-state index in [4.69, 9.17) is 5.73 Å². The first-order chi connectivity index (χ1) is 5.91. The normalized spacial score (nSPS) is 17.1. The van der Waals surface area contributed by atoms with Crippen molar-refractivity contribution in [1.29, 1.82) is 0 Å². The summed E-state index contributed by atoms with van der Waals surface area (Å²) in [5.74, 6) is 1.54. The van der Waals surface area contributed by atoms with Gasteiger partial charge in [0, 0.05) is 0 Å². The second-order valence-corrected chi connectivity index (χ2v) is 5.35. The Bertz CT molecular complexity index is 120. The van der Waals surface area contributed by atoms with Crippen LogP contribution in [0.2, 0.25) is 0 Å². The standard InChI is InChI=1S/C12H27N/c1-6-11(9-13)8-7-10(2)12(3,4)5/h10-11H,6-9,13H2,1-5H3. The number of rotatable bonds is 5. The summed E-state index contributed by atoms with van der Waals surface area (Å²) in [5.41, 5.74) is 6.13. The van der Waals surface area contributed by atoms with Crippen LogP contribution in [0.3, 0.4) is 0 Å². The molecule has 13 heavy (non-hydrogen) atoms. The van der Waals surface area contributed by atoms with Crippen molar-refractivity contribution in [1.82, 2.24) is 0 Å². The van der Waals surface area contributed by atoms with Crippen LogP contribution in [0.1, 0.15) is 53.9 Å². The van der Waals surface area contributed by atoms with Gasteiger partial charge in [0.25, 0.3) is 0 Å². The highest BCUT2D eigenvalue weighted by molar-refractivity contribution is 4.71. The van der Waals surface area contributed by atoms with Crippen molar-refractivity contribution in [2.75, 3.05) is 6.54 Å². The van der Waals surface area contributed by atoms with Crippen LogP contribution in [-0.2, 0) is 0 Å². The molecule has 0 heterocycles. The van der Waals surface area contributed by atoms with Crippen molar-refractivity contribution in [2.45, 2.75) is 53.9 Å².